The summed E-state index contributed by atoms with van der Waals surface area (Å²) in [5.41, 5.74) is 8.75. The van der Waals surface area contributed by atoms with E-state index < -0.39 is 0 Å². The number of nitrogens with zero attached hydrogens (tertiary/aromatic N) is 2. The van der Waals surface area contributed by atoms with Crippen molar-refractivity contribution < 1.29 is 4.42 Å². The Hall–Kier alpha value is -7.88. The molecular formula is C56H32N2O. The molecule has 2 aromatic heterocycles. The second-order valence-corrected chi connectivity index (χ2v) is 15.7. The lowest BCUT2D eigenvalue weighted by Crippen LogP contribution is -1.96. The van der Waals surface area contributed by atoms with Crippen molar-refractivity contribution in [1.29, 1.82) is 0 Å². The molecule has 0 amide bonds. The van der Waals surface area contributed by atoms with Gasteiger partial charge in [0.25, 0.3) is 0 Å². The second kappa shape index (κ2) is 12.3. The lowest BCUT2D eigenvalue weighted by Gasteiger charge is -2.17. The van der Waals surface area contributed by atoms with Crippen LogP contribution in [0.4, 0.5) is 0 Å². The van der Waals surface area contributed by atoms with Crippen molar-refractivity contribution in [3.05, 3.63) is 194 Å². The van der Waals surface area contributed by atoms with E-state index in [1.807, 2.05) is 36.4 Å². The average molecular weight is 749 g/mol. The van der Waals surface area contributed by atoms with Gasteiger partial charge in [-0.3, -0.25) is 0 Å². The predicted octanol–water partition coefficient (Wildman–Crippen LogP) is 15.4. The first-order valence-corrected chi connectivity index (χ1v) is 20.1. The molecule has 0 fully saturated rings. The Morgan fingerprint density at radius 3 is 1.49 bits per heavy atom. The number of aromatic nitrogens is 2. The van der Waals surface area contributed by atoms with Crippen LogP contribution in [0.3, 0.4) is 0 Å². The van der Waals surface area contributed by atoms with Gasteiger partial charge in [-0.05, 0) is 112 Å². The van der Waals surface area contributed by atoms with Crippen molar-refractivity contribution in [2.45, 2.75) is 0 Å². The zero-order valence-corrected chi connectivity index (χ0v) is 31.8. The Morgan fingerprint density at radius 2 is 0.797 bits per heavy atom. The van der Waals surface area contributed by atoms with Gasteiger partial charge in [0.15, 0.2) is 5.82 Å². The van der Waals surface area contributed by atoms with Gasteiger partial charge in [-0.15, -0.1) is 0 Å². The number of benzene rings is 10. The zero-order chi connectivity index (χ0) is 38.6. The van der Waals surface area contributed by atoms with E-state index in [0.29, 0.717) is 5.82 Å². The summed E-state index contributed by atoms with van der Waals surface area (Å²) >= 11 is 0. The SMILES string of the molecule is c1ccc(-c2nc(-c3ccc(-c4cc5ccc6cccc7c8cccc9ccc%10cccc(c(c4)c5c67)c%10c98)cc3)cc(-c3ccc4c(c3)oc3ccccc34)n2)cc1. The minimum absolute atomic E-state index is 0.685. The molecule has 0 unspecified atom stereocenters. The Morgan fingerprint density at radius 1 is 0.271 bits per heavy atom. The van der Waals surface area contributed by atoms with Crippen LogP contribution < -0.4 is 0 Å². The van der Waals surface area contributed by atoms with Gasteiger partial charge in [-0.2, -0.15) is 0 Å². The van der Waals surface area contributed by atoms with Crippen LogP contribution in [0.15, 0.2) is 199 Å². The number of hydrogen-bond acceptors (Lipinski definition) is 3. The smallest absolute Gasteiger partial charge is 0.160 e. The fraction of sp³-hybridized carbons (Fsp3) is 0. The summed E-state index contributed by atoms with van der Waals surface area (Å²) in [4.78, 5) is 10.3. The third-order valence-corrected chi connectivity index (χ3v) is 12.4. The molecule has 0 atom stereocenters. The Kier molecular flexibility index (Phi) is 6.72. The van der Waals surface area contributed by atoms with Gasteiger partial charge in [0, 0.05) is 27.5 Å². The number of furan rings is 1. The van der Waals surface area contributed by atoms with Crippen LogP contribution in [0.2, 0.25) is 0 Å². The van der Waals surface area contributed by atoms with E-state index in [0.717, 1.165) is 55.6 Å². The molecule has 0 aliphatic carbocycles. The molecule has 0 radical (unpaired) electrons. The van der Waals surface area contributed by atoms with E-state index >= 15 is 0 Å². The number of rotatable bonds is 4. The van der Waals surface area contributed by atoms with E-state index in [4.69, 9.17) is 14.4 Å². The molecule has 0 aliphatic heterocycles. The van der Waals surface area contributed by atoms with E-state index in [1.165, 1.54) is 70.2 Å². The van der Waals surface area contributed by atoms with Crippen molar-refractivity contribution in [3.63, 3.8) is 0 Å². The molecule has 3 heteroatoms. The molecule has 2 heterocycles. The molecule has 11 aromatic carbocycles. The maximum absolute atomic E-state index is 6.28. The molecule has 3 nitrogen and oxygen atoms in total. The third-order valence-electron chi connectivity index (χ3n) is 12.4. The highest BCUT2D eigenvalue weighted by Crippen LogP contribution is 2.44. The fourth-order valence-electron chi connectivity index (χ4n) is 9.63. The van der Waals surface area contributed by atoms with Crippen molar-refractivity contribution in [2.24, 2.45) is 0 Å². The van der Waals surface area contributed by atoms with Crippen molar-refractivity contribution >= 4 is 86.6 Å². The van der Waals surface area contributed by atoms with Gasteiger partial charge >= 0.3 is 0 Å². The summed E-state index contributed by atoms with van der Waals surface area (Å²) in [5.74, 6) is 0.685. The Balaban J connectivity index is 0.996. The third kappa shape index (κ3) is 4.89. The summed E-state index contributed by atoms with van der Waals surface area (Å²) in [6.07, 6.45) is 0. The largest absolute Gasteiger partial charge is 0.456 e. The molecule has 0 bridgehead atoms. The number of hydrogen-bond donors (Lipinski definition) is 0. The van der Waals surface area contributed by atoms with Crippen molar-refractivity contribution in [1.82, 2.24) is 9.97 Å². The first kappa shape index (κ1) is 32.2. The highest BCUT2D eigenvalue weighted by Gasteiger charge is 2.18. The highest BCUT2D eigenvalue weighted by atomic mass is 16.3. The molecule has 0 aliphatic rings. The number of para-hydroxylation sites is 1. The Bertz CT molecular complexity index is 3820. The fourth-order valence-corrected chi connectivity index (χ4v) is 9.63. The molecule has 13 rings (SSSR count). The maximum Gasteiger partial charge on any atom is 0.160 e. The molecular weight excluding hydrogens is 717 g/mol. The summed E-state index contributed by atoms with van der Waals surface area (Å²) in [7, 11) is 0. The van der Waals surface area contributed by atoms with Crippen LogP contribution >= 0.6 is 0 Å². The normalized spacial score (nSPS) is 12.1. The summed E-state index contributed by atoms with van der Waals surface area (Å²) in [6.45, 7) is 0. The Labute approximate surface area is 338 Å². The lowest BCUT2D eigenvalue weighted by atomic mass is 9.86. The van der Waals surface area contributed by atoms with Gasteiger partial charge in [-0.25, -0.2) is 9.97 Å². The standard InChI is InChI=1S/C56H32N2O/c1-2-9-38(10-3-1)56-57-48(32-49(58-56)39-27-28-43-42-14-4-5-18-50(42)59-51(43)31-39)34-21-19-33(20-22-34)41-29-40-26-25-37-12-7-16-45-44-15-6-11-35-23-24-36-13-8-17-46(54(36)52(35)44)47(30-41)55(40)53(37)45/h1-32H. The van der Waals surface area contributed by atoms with Gasteiger partial charge in [0.2, 0.25) is 0 Å². The first-order chi connectivity index (χ1) is 29.2. The van der Waals surface area contributed by atoms with Crippen LogP contribution in [0.5, 0.6) is 0 Å². The topological polar surface area (TPSA) is 38.9 Å². The summed E-state index contributed by atoms with van der Waals surface area (Å²) < 4.78 is 6.28. The van der Waals surface area contributed by atoms with E-state index in [2.05, 4.69) is 158 Å². The van der Waals surface area contributed by atoms with Crippen LogP contribution in [0.25, 0.3) is 132 Å². The summed E-state index contributed by atoms with van der Waals surface area (Å²) in [5, 5.41) is 17.6. The highest BCUT2D eigenvalue weighted by molar-refractivity contribution is 6.37. The van der Waals surface area contributed by atoms with Crippen LogP contribution in [-0.2, 0) is 0 Å². The lowest BCUT2D eigenvalue weighted by molar-refractivity contribution is 0.669. The van der Waals surface area contributed by atoms with E-state index in [-0.39, 0.29) is 0 Å². The van der Waals surface area contributed by atoms with E-state index in [9.17, 15) is 0 Å². The maximum atomic E-state index is 6.28. The molecule has 0 saturated carbocycles. The first-order valence-electron chi connectivity index (χ1n) is 20.1. The molecule has 13 aromatic rings. The molecule has 0 spiro atoms. The number of fused-ring (bicyclic) bond motifs is 5. The van der Waals surface area contributed by atoms with Crippen LogP contribution in [-0.4, -0.2) is 9.97 Å². The van der Waals surface area contributed by atoms with Gasteiger partial charge in [0.1, 0.15) is 11.2 Å². The quantitative estimate of drug-likeness (QED) is 0.168. The van der Waals surface area contributed by atoms with Crippen molar-refractivity contribution in [3.8, 4) is 45.0 Å². The molecule has 272 valence electrons. The molecule has 0 saturated heterocycles. The van der Waals surface area contributed by atoms with Gasteiger partial charge < -0.3 is 4.42 Å². The van der Waals surface area contributed by atoms with Crippen LogP contribution in [0.1, 0.15) is 0 Å². The van der Waals surface area contributed by atoms with Gasteiger partial charge in [-0.1, -0.05) is 158 Å². The predicted molar refractivity (Wildman–Crippen MR) is 247 cm³/mol. The molecule has 0 N–H and O–H groups in total. The monoisotopic (exact) mass is 748 g/mol. The average Bonchev–Trinajstić information content (AvgIpc) is 3.68. The van der Waals surface area contributed by atoms with Crippen molar-refractivity contribution in [2.75, 3.05) is 0 Å². The summed E-state index contributed by atoms with van der Waals surface area (Å²) in [6, 6.07) is 69.9. The zero-order valence-electron chi connectivity index (χ0n) is 31.8. The minimum atomic E-state index is 0.685. The van der Waals surface area contributed by atoms with Crippen LogP contribution in [0, 0.1) is 0 Å². The van der Waals surface area contributed by atoms with E-state index in [1.54, 1.807) is 0 Å². The molecule has 59 heavy (non-hydrogen) atoms. The van der Waals surface area contributed by atoms with Gasteiger partial charge in [0.05, 0.1) is 11.4 Å². The minimum Gasteiger partial charge on any atom is -0.456 e. The second-order valence-electron chi connectivity index (χ2n) is 15.7.